The van der Waals surface area contributed by atoms with Crippen LogP contribution in [0.15, 0.2) is 42.7 Å². The lowest BCUT2D eigenvalue weighted by Crippen LogP contribution is -2.32. The van der Waals surface area contributed by atoms with Crippen LogP contribution in [0.4, 0.5) is 10.1 Å². The molecule has 0 aliphatic heterocycles. The molecule has 4 aromatic rings. The van der Waals surface area contributed by atoms with Gasteiger partial charge in [-0.3, -0.25) is 19.9 Å². The van der Waals surface area contributed by atoms with Crippen molar-refractivity contribution in [3.8, 4) is 22.2 Å². The fourth-order valence-electron chi connectivity index (χ4n) is 3.48. The lowest BCUT2D eigenvalue weighted by molar-refractivity contribution is -0.385. The topological polar surface area (TPSA) is 113 Å². The molecule has 1 aromatic carbocycles. The molecule has 3 aromatic heterocycles. The predicted octanol–water partition coefficient (Wildman–Crippen LogP) is 4.53. The van der Waals surface area contributed by atoms with Gasteiger partial charge in [0.1, 0.15) is 11.6 Å². The van der Waals surface area contributed by atoms with Crippen LogP contribution in [0.25, 0.3) is 20.9 Å². The Hall–Kier alpha value is -3.90. The summed E-state index contributed by atoms with van der Waals surface area (Å²) in [6.45, 7) is 2.81. The highest BCUT2D eigenvalue weighted by atomic mass is 32.1. The maximum absolute atomic E-state index is 14.4. The number of nitro groups is 1. The Morgan fingerprint density at radius 1 is 1.26 bits per heavy atom. The monoisotopic (exact) mass is 499 g/mol. The molecule has 10 nitrogen and oxygen atoms in total. The van der Waals surface area contributed by atoms with Gasteiger partial charge in [0.25, 0.3) is 5.69 Å². The van der Waals surface area contributed by atoms with Crippen molar-refractivity contribution < 1.29 is 23.6 Å². The first-order valence-electron chi connectivity index (χ1n) is 10.5. The number of methoxy groups -OCH3 is 1. The van der Waals surface area contributed by atoms with Crippen molar-refractivity contribution in [1.82, 2.24) is 19.4 Å². The van der Waals surface area contributed by atoms with E-state index in [-0.39, 0.29) is 17.3 Å². The van der Waals surface area contributed by atoms with Crippen LogP contribution in [0, 0.1) is 15.9 Å². The second kappa shape index (κ2) is 10.2. The van der Waals surface area contributed by atoms with E-state index in [2.05, 4.69) is 9.97 Å². The number of thiophene rings is 1. The number of hydrogen-bond acceptors (Lipinski definition) is 8. The number of nitrogens with zero attached hydrogens (tertiary/aromatic N) is 5. The van der Waals surface area contributed by atoms with E-state index in [1.807, 2.05) is 17.7 Å². The number of hydrogen-bond donors (Lipinski definition) is 0. The van der Waals surface area contributed by atoms with Gasteiger partial charge in [-0.05, 0) is 12.1 Å². The summed E-state index contributed by atoms with van der Waals surface area (Å²) in [6, 6.07) is 6.69. The molecule has 12 heteroatoms. The third-order valence-electron chi connectivity index (χ3n) is 5.39. The largest absolute Gasteiger partial charge is 0.453 e. The van der Waals surface area contributed by atoms with Crippen molar-refractivity contribution in [2.24, 2.45) is 7.05 Å². The minimum atomic E-state index is -0.835. The summed E-state index contributed by atoms with van der Waals surface area (Å²) in [5, 5.41) is 10.9. The highest BCUT2D eigenvalue weighted by Crippen LogP contribution is 2.39. The van der Waals surface area contributed by atoms with Crippen LogP contribution in [-0.4, -0.2) is 50.5 Å². The molecule has 1 amide bonds. The molecule has 3 heterocycles. The number of halogens is 1. The molecule has 0 saturated carbocycles. The first-order chi connectivity index (χ1) is 16.8. The molecule has 4 rings (SSSR count). The Morgan fingerprint density at radius 3 is 2.74 bits per heavy atom. The highest BCUT2D eigenvalue weighted by molar-refractivity contribution is 7.22. The number of non-ortho nitro benzene ring substituents is 1. The van der Waals surface area contributed by atoms with Crippen molar-refractivity contribution in [2.45, 2.75) is 13.5 Å². The molecular weight excluding hydrogens is 477 g/mol. The molecule has 0 N–H and O–H groups in total. The molecule has 182 valence electrons. The summed E-state index contributed by atoms with van der Waals surface area (Å²) in [7, 11) is 3.46. The smallest absolute Gasteiger partial charge is 0.272 e. The second-order valence-corrected chi connectivity index (χ2v) is 8.73. The fraction of sp³-hybridized carbons (Fsp3) is 0.261. The Labute approximate surface area is 203 Å². The van der Waals surface area contributed by atoms with Crippen molar-refractivity contribution >= 4 is 33.1 Å². The summed E-state index contributed by atoms with van der Waals surface area (Å²) in [5.41, 5.74) is 1.13. The van der Waals surface area contributed by atoms with Gasteiger partial charge in [-0.25, -0.2) is 9.37 Å². The zero-order valence-corrected chi connectivity index (χ0v) is 20.0. The average molecular weight is 500 g/mol. The maximum Gasteiger partial charge on any atom is 0.272 e. The van der Waals surface area contributed by atoms with E-state index in [1.165, 1.54) is 30.4 Å². The molecule has 0 radical (unpaired) electrons. The Bertz CT molecular complexity index is 1400. The van der Waals surface area contributed by atoms with E-state index in [1.54, 1.807) is 30.5 Å². The van der Waals surface area contributed by atoms with Crippen LogP contribution in [0.1, 0.15) is 12.6 Å². The third-order valence-corrected chi connectivity index (χ3v) is 6.53. The number of nitro benzene ring substituents is 1. The first-order valence-corrected chi connectivity index (χ1v) is 11.4. The SMILES string of the molecule is COCCN(Cc1cnc(-c2cc3nccc(Oc4ccc([N+](=O)[O-])cc4F)c3s2)n1C)C(C)=O. The Kier molecular flexibility index (Phi) is 7.03. The van der Waals surface area contributed by atoms with Gasteiger partial charge >= 0.3 is 0 Å². The minimum absolute atomic E-state index is 0.0591. The van der Waals surface area contributed by atoms with Gasteiger partial charge in [-0.2, -0.15) is 0 Å². The molecule has 0 saturated heterocycles. The van der Waals surface area contributed by atoms with Crippen molar-refractivity contribution in [2.75, 3.05) is 20.3 Å². The number of carbonyl (C=O) groups is 1. The molecule has 0 atom stereocenters. The molecule has 0 unspecified atom stereocenters. The number of ether oxygens (including phenoxy) is 2. The number of pyridine rings is 1. The average Bonchev–Trinajstić information content (AvgIpc) is 3.41. The van der Waals surface area contributed by atoms with Gasteiger partial charge in [0, 0.05) is 46.0 Å². The van der Waals surface area contributed by atoms with Crippen molar-refractivity contribution in [1.29, 1.82) is 0 Å². The van der Waals surface area contributed by atoms with E-state index in [0.29, 0.717) is 41.5 Å². The number of imidazole rings is 1. The third kappa shape index (κ3) is 5.12. The van der Waals surface area contributed by atoms with E-state index in [0.717, 1.165) is 16.6 Å². The van der Waals surface area contributed by atoms with Crippen LogP contribution >= 0.6 is 11.3 Å². The van der Waals surface area contributed by atoms with Gasteiger partial charge < -0.3 is 18.9 Å². The van der Waals surface area contributed by atoms with Crippen LogP contribution in [0.5, 0.6) is 11.5 Å². The van der Waals surface area contributed by atoms with Crippen LogP contribution in [-0.2, 0) is 23.1 Å². The Morgan fingerprint density at radius 2 is 2.06 bits per heavy atom. The molecule has 0 fully saturated rings. The van der Waals surface area contributed by atoms with Gasteiger partial charge in [0.15, 0.2) is 11.6 Å². The predicted molar refractivity (Wildman–Crippen MR) is 128 cm³/mol. The van der Waals surface area contributed by atoms with Crippen LogP contribution in [0.3, 0.4) is 0 Å². The quantitative estimate of drug-likeness (QED) is 0.246. The zero-order chi connectivity index (χ0) is 25.1. The minimum Gasteiger partial charge on any atom is -0.453 e. The van der Waals surface area contributed by atoms with Crippen molar-refractivity contribution in [3.63, 3.8) is 0 Å². The second-order valence-electron chi connectivity index (χ2n) is 7.67. The number of rotatable bonds is 9. The number of amides is 1. The summed E-state index contributed by atoms with van der Waals surface area (Å²) in [5.74, 6) is 0.0356. The number of carbonyl (C=O) groups excluding carboxylic acids is 1. The summed E-state index contributed by atoms with van der Waals surface area (Å²) >= 11 is 1.37. The molecule has 35 heavy (non-hydrogen) atoms. The van der Waals surface area contributed by atoms with Gasteiger partial charge in [0.05, 0.1) is 51.1 Å². The standard InChI is InChI=1S/C23H22FN5O5S/c1-14(30)28(8-9-33-3)13-16-12-26-23(27(16)2)21-11-18-22(35-21)20(6-7-25-18)34-19-5-4-15(29(31)32)10-17(19)24/h4-7,10-12H,8-9,13H2,1-3H3. The zero-order valence-electron chi connectivity index (χ0n) is 19.2. The van der Waals surface area contributed by atoms with Crippen LogP contribution < -0.4 is 4.74 Å². The van der Waals surface area contributed by atoms with Gasteiger partial charge in [-0.15, -0.1) is 11.3 Å². The number of benzene rings is 1. The highest BCUT2D eigenvalue weighted by Gasteiger charge is 2.19. The first kappa shape index (κ1) is 24.2. The molecule has 0 aliphatic carbocycles. The Balaban J connectivity index is 1.62. The maximum atomic E-state index is 14.4. The van der Waals surface area contributed by atoms with Crippen molar-refractivity contribution in [3.05, 3.63) is 64.4 Å². The summed E-state index contributed by atoms with van der Waals surface area (Å²) in [6.07, 6.45) is 3.27. The normalized spacial score (nSPS) is 11.1. The van der Waals surface area contributed by atoms with Gasteiger partial charge in [0.2, 0.25) is 5.91 Å². The molecule has 0 spiro atoms. The van der Waals surface area contributed by atoms with Gasteiger partial charge in [-0.1, -0.05) is 0 Å². The van der Waals surface area contributed by atoms with E-state index < -0.39 is 10.7 Å². The fourth-order valence-corrected chi connectivity index (χ4v) is 4.57. The summed E-state index contributed by atoms with van der Waals surface area (Å²) < 4.78 is 27.8. The van der Waals surface area contributed by atoms with E-state index >= 15 is 0 Å². The lowest BCUT2D eigenvalue weighted by Gasteiger charge is -2.20. The van der Waals surface area contributed by atoms with E-state index in [4.69, 9.17) is 9.47 Å². The molecule has 0 aliphatic rings. The number of fused-ring (bicyclic) bond motifs is 1. The lowest BCUT2D eigenvalue weighted by atomic mass is 10.3. The molecular formula is C23H22FN5O5S. The number of aromatic nitrogens is 3. The van der Waals surface area contributed by atoms with Crippen LogP contribution in [0.2, 0.25) is 0 Å². The molecule has 0 bridgehead atoms. The van der Waals surface area contributed by atoms with E-state index in [9.17, 15) is 19.3 Å². The summed E-state index contributed by atoms with van der Waals surface area (Å²) in [4.78, 5) is 33.6.